The molecule has 22 heavy (non-hydrogen) atoms. The van der Waals surface area contributed by atoms with Gasteiger partial charge >= 0.3 is 0 Å². The molecule has 1 aliphatic heterocycles. The molecule has 0 spiro atoms. The molecule has 0 atom stereocenters. The maximum absolute atomic E-state index is 12.2. The zero-order valence-electron chi connectivity index (χ0n) is 15.4. The molecule has 0 aliphatic carbocycles. The zero-order valence-corrected chi connectivity index (χ0v) is 15.4. The summed E-state index contributed by atoms with van der Waals surface area (Å²) >= 11 is 0. The van der Waals surface area contributed by atoms with Gasteiger partial charge in [-0.2, -0.15) is 0 Å². The molecule has 0 aromatic carbocycles. The van der Waals surface area contributed by atoms with Gasteiger partial charge in [-0.05, 0) is 33.8 Å². The molecular weight excluding hydrogens is 274 g/mol. The summed E-state index contributed by atoms with van der Waals surface area (Å²) in [5.41, 5.74) is 0.633. The minimum atomic E-state index is -0.156. The molecule has 3 nitrogen and oxygen atoms in total. The summed E-state index contributed by atoms with van der Waals surface area (Å²) in [6, 6.07) is 0. The Morgan fingerprint density at radius 3 is 2.27 bits per heavy atom. The fraction of sp³-hybridized carbons (Fsp3) is 0.526. The first-order chi connectivity index (χ1) is 10.4. The summed E-state index contributed by atoms with van der Waals surface area (Å²) in [6.07, 6.45) is 5.32. The number of pyridine rings is 1. The molecule has 2 heterocycles. The van der Waals surface area contributed by atoms with Crippen LogP contribution in [-0.2, 0) is 10.3 Å². The van der Waals surface area contributed by atoms with E-state index in [2.05, 4.69) is 25.0 Å². The summed E-state index contributed by atoms with van der Waals surface area (Å²) in [5.74, 6) is 0.791. The second kappa shape index (κ2) is 8.62. The molecule has 124 valence electrons. The van der Waals surface area contributed by atoms with Crippen molar-refractivity contribution in [3.63, 3.8) is 0 Å². The van der Waals surface area contributed by atoms with E-state index >= 15 is 0 Å². The number of nitrogens with zero attached hydrogens (tertiary/aromatic N) is 1. The van der Waals surface area contributed by atoms with Crippen LogP contribution < -0.4 is 16.0 Å². The first-order valence-corrected chi connectivity index (χ1v) is 8.07. The molecule has 3 heteroatoms. The summed E-state index contributed by atoms with van der Waals surface area (Å²) in [7, 11) is 0. The van der Waals surface area contributed by atoms with Crippen LogP contribution in [0.4, 0.5) is 0 Å². The molecular formula is C19H31NO2. The molecule has 0 saturated carbocycles. The van der Waals surface area contributed by atoms with Crippen molar-refractivity contribution in [2.24, 2.45) is 0 Å². The number of allylic oxidation sites excluding steroid dienone is 1. The minimum Gasteiger partial charge on any atom is -0.494 e. The molecule has 1 aliphatic rings. The monoisotopic (exact) mass is 305 g/mol. The van der Waals surface area contributed by atoms with Crippen LogP contribution in [0.25, 0.3) is 11.8 Å². The van der Waals surface area contributed by atoms with Gasteiger partial charge in [0.25, 0.3) is 0 Å². The highest BCUT2D eigenvalue weighted by Gasteiger charge is 2.26. The van der Waals surface area contributed by atoms with Gasteiger partial charge in [-0.1, -0.05) is 40.3 Å². The van der Waals surface area contributed by atoms with Gasteiger partial charge in [-0.25, -0.2) is 0 Å². The fourth-order valence-electron chi connectivity index (χ4n) is 2.30. The summed E-state index contributed by atoms with van der Waals surface area (Å²) in [5, 5.41) is 1.53. The molecule has 1 aromatic rings. The van der Waals surface area contributed by atoms with E-state index in [-0.39, 0.29) is 11.0 Å². The van der Waals surface area contributed by atoms with Gasteiger partial charge in [0.05, 0.1) is 10.9 Å². The molecule has 0 saturated heterocycles. The normalized spacial score (nSPS) is 15.5. The molecule has 2 rings (SSSR count). The third-order valence-electron chi connectivity index (χ3n) is 3.33. The maximum atomic E-state index is 12.2. The second-order valence-corrected chi connectivity index (χ2v) is 5.33. The standard InChI is InChI=1S/C15H19NO2.2C2H6/c1-6-7-12-13-11(3)18-9-15(4,5)16(13)8-10(2)14(12)17;2*1-2/h6-8H,1,9H2,2-5H3;2*1-2H3/b12-7+;;. The largest absolute Gasteiger partial charge is 0.494 e. The van der Waals surface area contributed by atoms with Crippen LogP contribution in [0.15, 0.2) is 23.6 Å². The third-order valence-corrected chi connectivity index (χ3v) is 3.33. The van der Waals surface area contributed by atoms with E-state index in [0.717, 1.165) is 16.7 Å². The number of hydrogen-bond acceptors (Lipinski definition) is 2. The van der Waals surface area contributed by atoms with Crippen molar-refractivity contribution in [3.8, 4) is 0 Å². The highest BCUT2D eigenvalue weighted by molar-refractivity contribution is 5.42. The van der Waals surface area contributed by atoms with Crippen LogP contribution in [-0.4, -0.2) is 11.2 Å². The van der Waals surface area contributed by atoms with E-state index in [9.17, 15) is 4.79 Å². The Hall–Kier alpha value is -1.77. The quantitative estimate of drug-likeness (QED) is 0.798. The molecule has 1 aromatic heterocycles. The van der Waals surface area contributed by atoms with E-state index < -0.39 is 0 Å². The average Bonchev–Trinajstić information content (AvgIpc) is 2.52. The van der Waals surface area contributed by atoms with Gasteiger partial charge in [0, 0.05) is 17.0 Å². The van der Waals surface area contributed by atoms with Crippen LogP contribution in [0.1, 0.15) is 54.0 Å². The Kier molecular flexibility index (Phi) is 7.93. The Bertz CT molecular complexity index is 679. The van der Waals surface area contributed by atoms with Crippen molar-refractivity contribution in [2.75, 3.05) is 6.61 Å². The van der Waals surface area contributed by atoms with E-state index in [1.807, 2.05) is 47.7 Å². The van der Waals surface area contributed by atoms with E-state index in [1.54, 1.807) is 12.2 Å². The van der Waals surface area contributed by atoms with E-state index in [4.69, 9.17) is 4.74 Å². The highest BCUT2D eigenvalue weighted by atomic mass is 16.5. The van der Waals surface area contributed by atoms with Crippen LogP contribution in [0.3, 0.4) is 0 Å². The molecule has 0 amide bonds. The Morgan fingerprint density at radius 2 is 1.77 bits per heavy atom. The Labute approximate surface area is 134 Å². The Balaban J connectivity index is 0.00000102. The fourth-order valence-corrected chi connectivity index (χ4v) is 2.30. The molecule has 0 unspecified atom stereocenters. The van der Waals surface area contributed by atoms with Gasteiger partial charge < -0.3 is 9.30 Å². The molecule has 0 N–H and O–H groups in total. The molecule has 0 radical (unpaired) electrons. The second-order valence-electron chi connectivity index (χ2n) is 5.33. The lowest BCUT2D eigenvalue weighted by Gasteiger charge is -2.34. The van der Waals surface area contributed by atoms with Crippen LogP contribution in [0.5, 0.6) is 0 Å². The van der Waals surface area contributed by atoms with Gasteiger partial charge in [0.1, 0.15) is 12.4 Å². The number of fused-ring (bicyclic) bond motifs is 1. The van der Waals surface area contributed by atoms with Crippen LogP contribution >= 0.6 is 0 Å². The number of rotatable bonds is 1. The van der Waals surface area contributed by atoms with E-state index in [1.165, 1.54) is 0 Å². The van der Waals surface area contributed by atoms with Crippen molar-refractivity contribution in [1.29, 1.82) is 0 Å². The number of ether oxygens (including phenoxy) is 1. The smallest absolute Gasteiger partial charge is 0.192 e. The van der Waals surface area contributed by atoms with Gasteiger partial charge in [-0.3, -0.25) is 4.79 Å². The van der Waals surface area contributed by atoms with E-state index in [0.29, 0.717) is 11.8 Å². The molecule has 0 bridgehead atoms. The van der Waals surface area contributed by atoms with Gasteiger partial charge in [0.2, 0.25) is 0 Å². The van der Waals surface area contributed by atoms with Crippen molar-refractivity contribution < 1.29 is 4.74 Å². The lowest BCUT2D eigenvalue weighted by Crippen LogP contribution is -2.55. The maximum Gasteiger partial charge on any atom is 0.192 e. The van der Waals surface area contributed by atoms with Crippen molar-refractivity contribution >= 4 is 11.8 Å². The summed E-state index contributed by atoms with van der Waals surface area (Å²) in [4.78, 5) is 12.2. The average molecular weight is 305 g/mol. The Morgan fingerprint density at radius 1 is 1.23 bits per heavy atom. The van der Waals surface area contributed by atoms with Crippen molar-refractivity contribution in [3.05, 3.63) is 45.2 Å². The minimum absolute atomic E-state index is 0.0433. The van der Waals surface area contributed by atoms with Crippen molar-refractivity contribution in [1.82, 2.24) is 4.57 Å². The predicted molar refractivity (Wildman–Crippen MR) is 96.4 cm³/mol. The lowest BCUT2D eigenvalue weighted by atomic mass is 10.0. The number of aryl methyl sites for hydroxylation is 1. The van der Waals surface area contributed by atoms with Crippen LogP contribution in [0.2, 0.25) is 0 Å². The number of aromatic nitrogens is 1. The SMILES string of the molecule is C=C/C=c1/c(=O)c(C)cn2c1=C(C)OCC2(C)C.CC.CC. The first-order valence-electron chi connectivity index (χ1n) is 8.07. The number of hydrogen-bond donors (Lipinski definition) is 0. The third kappa shape index (κ3) is 3.90. The topological polar surface area (TPSA) is 31.2 Å². The molecule has 0 fully saturated rings. The summed E-state index contributed by atoms with van der Waals surface area (Å²) < 4.78 is 7.84. The zero-order chi connectivity index (χ0) is 17.5. The van der Waals surface area contributed by atoms with Crippen molar-refractivity contribution in [2.45, 2.75) is 60.9 Å². The van der Waals surface area contributed by atoms with Gasteiger partial charge in [-0.15, -0.1) is 0 Å². The summed E-state index contributed by atoms with van der Waals surface area (Å²) in [6.45, 7) is 20.2. The predicted octanol–water partition coefficient (Wildman–Crippen LogP) is 3.07. The van der Waals surface area contributed by atoms with Crippen LogP contribution in [0, 0.1) is 6.92 Å². The first kappa shape index (κ1) is 20.2. The van der Waals surface area contributed by atoms with Gasteiger partial charge in [0.15, 0.2) is 5.43 Å². The highest BCUT2D eigenvalue weighted by Crippen LogP contribution is 2.18. The lowest BCUT2D eigenvalue weighted by molar-refractivity contribution is 0.129.